The molecule has 2 N–H and O–H groups in total. The molecule has 0 atom stereocenters. The van der Waals surface area contributed by atoms with Gasteiger partial charge in [-0.3, -0.25) is 4.79 Å². The molecule has 0 saturated carbocycles. The lowest BCUT2D eigenvalue weighted by molar-refractivity contribution is -0.115. The Morgan fingerprint density at radius 1 is 1.11 bits per heavy atom. The highest BCUT2D eigenvalue weighted by Crippen LogP contribution is 2.40. The maximum atomic E-state index is 13.3. The van der Waals surface area contributed by atoms with Crippen LogP contribution in [0.25, 0.3) is 22.0 Å². The van der Waals surface area contributed by atoms with Crippen molar-refractivity contribution >= 4 is 34.7 Å². The Bertz CT molecular complexity index is 1250. The third kappa shape index (κ3) is 6.78. The van der Waals surface area contributed by atoms with Crippen LogP contribution in [0, 0.1) is 12.8 Å². The fourth-order valence-corrected chi connectivity index (χ4v) is 4.49. The topological polar surface area (TPSA) is 85.5 Å². The van der Waals surface area contributed by atoms with E-state index in [-0.39, 0.29) is 11.7 Å². The number of rotatable bonds is 8. The molecule has 36 heavy (non-hydrogen) atoms. The molecule has 0 saturated heterocycles. The van der Waals surface area contributed by atoms with Crippen LogP contribution in [0.4, 0.5) is 4.79 Å². The Kier molecular flexibility index (Phi) is 8.67. The number of ether oxygens (including phenoxy) is 1. The molecule has 3 rings (SSSR count). The summed E-state index contributed by atoms with van der Waals surface area (Å²) in [6.45, 7) is 12.2. The van der Waals surface area contributed by atoms with Crippen molar-refractivity contribution in [3.63, 3.8) is 0 Å². The lowest BCUT2D eigenvalue weighted by atomic mass is 9.95. The highest BCUT2D eigenvalue weighted by molar-refractivity contribution is 7.99. The van der Waals surface area contributed by atoms with Crippen molar-refractivity contribution in [2.45, 2.75) is 59.3 Å². The summed E-state index contributed by atoms with van der Waals surface area (Å²) in [4.78, 5) is 31.0. The van der Waals surface area contributed by atoms with Crippen molar-refractivity contribution in [3.8, 4) is 16.9 Å². The largest absolute Gasteiger partial charge is 0.415 e. The summed E-state index contributed by atoms with van der Waals surface area (Å²) < 4.78 is 6.17. The molecule has 3 aromatic rings. The SMILES string of the molecule is Cc1ccc(-c2c(OC(=O)N(C)C(C)(C)C)c(CC(C)C)nc3ccc(CSCC(N)=O)cc23)cc1. The number of hydrogen-bond acceptors (Lipinski definition) is 5. The van der Waals surface area contributed by atoms with Gasteiger partial charge < -0.3 is 15.4 Å². The van der Waals surface area contributed by atoms with Crippen molar-refractivity contribution < 1.29 is 14.3 Å². The second kappa shape index (κ2) is 11.3. The van der Waals surface area contributed by atoms with Crippen molar-refractivity contribution in [3.05, 3.63) is 59.3 Å². The van der Waals surface area contributed by atoms with Crippen LogP contribution in [0.5, 0.6) is 5.75 Å². The molecule has 2 aromatic carbocycles. The zero-order valence-electron chi connectivity index (χ0n) is 22.3. The standard InChI is InChI=1S/C29H37N3O3S/c1-18(2)14-24-27(35-28(34)32(7)29(4,5)6)26(21-11-8-19(3)9-12-21)22-15-20(10-13-23(22)31-24)16-36-17-25(30)33/h8-13,15,18H,14,16-17H2,1-7H3,(H2,30,33). The molecule has 2 amide bonds. The second-order valence-corrected chi connectivity index (χ2v) is 11.6. The van der Waals surface area contributed by atoms with Crippen LogP contribution in [0.1, 0.15) is 51.4 Å². The zero-order chi connectivity index (χ0) is 26.6. The maximum absolute atomic E-state index is 13.3. The summed E-state index contributed by atoms with van der Waals surface area (Å²) in [5.74, 6) is 1.39. The highest BCUT2D eigenvalue weighted by Gasteiger charge is 2.27. The van der Waals surface area contributed by atoms with E-state index in [2.05, 4.69) is 44.2 Å². The van der Waals surface area contributed by atoms with Gasteiger partial charge in [0.1, 0.15) is 0 Å². The first-order valence-corrected chi connectivity index (χ1v) is 13.4. The summed E-state index contributed by atoms with van der Waals surface area (Å²) in [7, 11) is 1.75. The third-order valence-electron chi connectivity index (χ3n) is 6.00. The number of thioether (sulfide) groups is 1. The summed E-state index contributed by atoms with van der Waals surface area (Å²) >= 11 is 1.47. The first-order valence-electron chi connectivity index (χ1n) is 12.2. The summed E-state index contributed by atoms with van der Waals surface area (Å²) in [6.07, 6.45) is 0.252. The van der Waals surface area contributed by atoms with E-state index in [0.717, 1.165) is 38.9 Å². The van der Waals surface area contributed by atoms with Crippen LogP contribution in [0.3, 0.4) is 0 Å². The van der Waals surface area contributed by atoms with Crippen molar-refractivity contribution in [1.29, 1.82) is 0 Å². The number of amides is 2. The fraction of sp³-hybridized carbons (Fsp3) is 0.414. The molecule has 1 heterocycles. The predicted molar refractivity (Wildman–Crippen MR) is 149 cm³/mol. The van der Waals surface area contributed by atoms with E-state index in [0.29, 0.717) is 23.8 Å². The van der Waals surface area contributed by atoms with Gasteiger partial charge in [0.25, 0.3) is 0 Å². The number of fused-ring (bicyclic) bond motifs is 1. The normalized spacial score (nSPS) is 11.7. The van der Waals surface area contributed by atoms with Gasteiger partial charge in [-0.05, 0) is 63.3 Å². The Hall–Kier alpha value is -3.06. The van der Waals surface area contributed by atoms with E-state index in [1.165, 1.54) is 11.8 Å². The van der Waals surface area contributed by atoms with E-state index >= 15 is 0 Å². The Labute approximate surface area is 218 Å². The second-order valence-electron chi connectivity index (χ2n) is 10.6. The molecule has 0 fully saturated rings. The molecular formula is C29H37N3O3S. The van der Waals surface area contributed by atoms with Crippen LogP contribution in [-0.2, 0) is 17.0 Å². The Balaban J connectivity index is 2.25. The highest BCUT2D eigenvalue weighted by atomic mass is 32.2. The minimum Gasteiger partial charge on any atom is -0.408 e. The Morgan fingerprint density at radius 3 is 2.36 bits per heavy atom. The summed E-state index contributed by atoms with van der Waals surface area (Å²) in [5, 5.41) is 0.907. The van der Waals surface area contributed by atoms with Gasteiger partial charge in [0.05, 0.1) is 17.0 Å². The van der Waals surface area contributed by atoms with Gasteiger partial charge in [0.15, 0.2) is 5.75 Å². The van der Waals surface area contributed by atoms with E-state index in [1.54, 1.807) is 11.9 Å². The molecule has 0 spiro atoms. The van der Waals surface area contributed by atoms with E-state index < -0.39 is 11.6 Å². The lowest BCUT2D eigenvalue weighted by Gasteiger charge is -2.31. The minimum absolute atomic E-state index is 0.260. The number of nitrogens with zero attached hydrogens (tertiary/aromatic N) is 2. The van der Waals surface area contributed by atoms with Gasteiger partial charge in [-0.25, -0.2) is 9.78 Å². The monoisotopic (exact) mass is 507 g/mol. The molecule has 0 bridgehead atoms. The van der Waals surface area contributed by atoms with Crippen molar-refractivity contribution in [2.24, 2.45) is 11.7 Å². The van der Waals surface area contributed by atoms with E-state index in [4.69, 9.17) is 15.5 Å². The average molecular weight is 508 g/mol. The molecule has 0 unspecified atom stereocenters. The quantitative estimate of drug-likeness (QED) is 0.384. The van der Waals surface area contributed by atoms with Crippen LogP contribution < -0.4 is 10.5 Å². The number of nitrogens with two attached hydrogens (primary N) is 1. The molecule has 0 aliphatic heterocycles. The number of carbonyl (C=O) groups excluding carboxylic acids is 2. The number of aromatic nitrogens is 1. The third-order valence-corrected chi connectivity index (χ3v) is 7.03. The van der Waals surface area contributed by atoms with Crippen LogP contribution >= 0.6 is 11.8 Å². The number of hydrogen-bond donors (Lipinski definition) is 1. The molecule has 0 radical (unpaired) electrons. The smallest absolute Gasteiger partial charge is 0.408 e. The first kappa shape index (κ1) is 27.5. The molecule has 6 nitrogen and oxygen atoms in total. The number of benzene rings is 2. The molecule has 1 aromatic heterocycles. The van der Waals surface area contributed by atoms with Crippen LogP contribution in [0.15, 0.2) is 42.5 Å². The number of aryl methyl sites for hydroxylation is 1. The van der Waals surface area contributed by atoms with E-state index in [1.807, 2.05) is 39.8 Å². The molecule has 0 aliphatic rings. The molecule has 192 valence electrons. The summed E-state index contributed by atoms with van der Waals surface area (Å²) in [5.41, 5.74) is 10.5. The number of carbonyl (C=O) groups is 2. The van der Waals surface area contributed by atoms with Crippen molar-refractivity contribution in [1.82, 2.24) is 9.88 Å². The average Bonchev–Trinajstić information content (AvgIpc) is 2.78. The predicted octanol–water partition coefficient (Wildman–Crippen LogP) is 6.36. The van der Waals surface area contributed by atoms with Gasteiger partial charge in [0, 0.05) is 29.3 Å². The van der Waals surface area contributed by atoms with E-state index in [9.17, 15) is 9.59 Å². The number of primary amides is 1. The minimum atomic E-state index is -0.421. The molecule has 7 heteroatoms. The first-order chi connectivity index (χ1) is 16.9. The fourth-order valence-electron chi connectivity index (χ4n) is 3.77. The summed E-state index contributed by atoms with van der Waals surface area (Å²) in [6, 6.07) is 14.3. The van der Waals surface area contributed by atoms with Gasteiger partial charge in [-0.15, -0.1) is 11.8 Å². The number of pyridine rings is 1. The van der Waals surface area contributed by atoms with Gasteiger partial charge in [-0.1, -0.05) is 49.7 Å². The van der Waals surface area contributed by atoms with Crippen molar-refractivity contribution in [2.75, 3.05) is 12.8 Å². The molecular weight excluding hydrogens is 470 g/mol. The lowest BCUT2D eigenvalue weighted by Crippen LogP contribution is -2.44. The van der Waals surface area contributed by atoms with Crippen LogP contribution in [-0.4, -0.2) is 40.2 Å². The zero-order valence-corrected chi connectivity index (χ0v) is 23.2. The Morgan fingerprint density at radius 2 is 1.78 bits per heavy atom. The van der Waals surface area contributed by atoms with Gasteiger partial charge >= 0.3 is 6.09 Å². The van der Waals surface area contributed by atoms with Gasteiger partial charge in [0.2, 0.25) is 5.91 Å². The molecule has 0 aliphatic carbocycles. The van der Waals surface area contributed by atoms with Gasteiger partial charge in [-0.2, -0.15) is 0 Å². The maximum Gasteiger partial charge on any atom is 0.415 e. The van der Waals surface area contributed by atoms with Crippen LogP contribution in [0.2, 0.25) is 0 Å².